The predicted molar refractivity (Wildman–Crippen MR) is 192 cm³/mol. The van der Waals surface area contributed by atoms with Gasteiger partial charge in [-0.1, -0.05) is 146 Å². The van der Waals surface area contributed by atoms with Crippen LogP contribution in [-0.4, -0.2) is 15.0 Å². The Morgan fingerprint density at radius 1 is 0.298 bits per heavy atom. The fraction of sp³-hybridized carbons (Fsp3) is 0. The monoisotopic (exact) mass is 601 g/mol. The van der Waals surface area contributed by atoms with Crippen LogP contribution in [0.4, 0.5) is 0 Å². The summed E-state index contributed by atoms with van der Waals surface area (Å²) in [7, 11) is 0. The molecule has 0 atom stereocenters. The molecule has 0 aliphatic carbocycles. The van der Waals surface area contributed by atoms with E-state index in [1.807, 2.05) is 66.7 Å². The van der Waals surface area contributed by atoms with Gasteiger partial charge in [0.05, 0.1) is 0 Å². The van der Waals surface area contributed by atoms with Gasteiger partial charge in [-0.15, -0.1) is 0 Å². The average molecular weight is 602 g/mol. The quantitative estimate of drug-likeness (QED) is 0.197. The molecule has 0 amide bonds. The standard InChI is InChI=1S/C43H27N3O/c1-3-12-28(13-4-1)29-22-24-30(25-23-29)32-26-27-35(34-17-8-7-16-33(32)34)42-44-41(31-14-5-2-6-15-31)45-43(46-42)37-19-11-21-39-40(37)36-18-9-10-20-38(36)47-39/h1-27H. The lowest BCUT2D eigenvalue weighted by molar-refractivity contribution is 0.669. The van der Waals surface area contributed by atoms with Crippen molar-refractivity contribution in [3.05, 3.63) is 164 Å². The minimum atomic E-state index is 0.607. The zero-order valence-electron chi connectivity index (χ0n) is 25.3. The highest BCUT2D eigenvalue weighted by atomic mass is 16.3. The molecule has 0 aliphatic rings. The second-order valence-electron chi connectivity index (χ2n) is 11.6. The Hall–Kier alpha value is -6.39. The molecule has 220 valence electrons. The lowest BCUT2D eigenvalue weighted by Crippen LogP contribution is -2.01. The minimum Gasteiger partial charge on any atom is -0.456 e. The van der Waals surface area contributed by atoms with Crippen LogP contribution >= 0.6 is 0 Å². The number of benzene rings is 7. The maximum atomic E-state index is 6.22. The summed E-state index contributed by atoms with van der Waals surface area (Å²) in [5.74, 6) is 1.86. The van der Waals surface area contributed by atoms with E-state index in [0.717, 1.165) is 60.5 Å². The summed E-state index contributed by atoms with van der Waals surface area (Å²) in [6, 6.07) is 56.4. The fourth-order valence-electron chi connectivity index (χ4n) is 6.51. The van der Waals surface area contributed by atoms with Gasteiger partial charge in [0.1, 0.15) is 11.2 Å². The fourth-order valence-corrected chi connectivity index (χ4v) is 6.51. The van der Waals surface area contributed by atoms with Gasteiger partial charge >= 0.3 is 0 Å². The molecule has 0 N–H and O–H groups in total. The summed E-state index contributed by atoms with van der Waals surface area (Å²) < 4.78 is 6.22. The normalized spacial score (nSPS) is 11.4. The van der Waals surface area contributed by atoms with E-state index < -0.39 is 0 Å². The van der Waals surface area contributed by atoms with Gasteiger partial charge in [0.2, 0.25) is 0 Å². The van der Waals surface area contributed by atoms with Gasteiger partial charge in [-0.2, -0.15) is 0 Å². The first-order valence-electron chi connectivity index (χ1n) is 15.7. The molecule has 9 rings (SSSR count). The van der Waals surface area contributed by atoms with Crippen molar-refractivity contribution in [3.8, 4) is 56.4 Å². The van der Waals surface area contributed by atoms with Crippen LogP contribution in [0.5, 0.6) is 0 Å². The highest BCUT2D eigenvalue weighted by Crippen LogP contribution is 2.39. The summed E-state index contributed by atoms with van der Waals surface area (Å²) in [6.45, 7) is 0. The number of hydrogen-bond acceptors (Lipinski definition) is 4. The van der Waals surface area contributed by atoms with Crippen LogP contribution in [0.1, 0.15) is 0 Å². The van der Waals surface area contributed by atoms with Crippen molar-refractivity contribution in [2.45, 2.75) is 0 Å². The number of hydrogen-bond donors (Lipinski definition) is 0. The van der Waals surface area contributed by atoms with E-state index in [4.69, 9.17) is 19.4 Å². The molecule has 0 radical (unpaired) electrons. The molecule has 0 aliphatic heterocycles. The summed E-state index contributed by atoms with van der Waals surface area (Å²) in [4.78, 5) is 15.3. The number of nitrogens with zero attached hydrogens (tertiary/aromatic N) is 3. The zero-order valence-corrected chi connectivity index (χ0v) is 25.3. The molecule has 9 aromatic rings. The van der Waals surface area contributed by atoms with Crippen molar-refractivity contribution in [3.63, 3.8) is 0 Å². The van der Waals surface area contributed by atoms with Crippen molar-refractivity contribution in [1.82, 2.24) is 15.0 Å². The Balaban J connectivity index is 1.23. The molecular weight excluding hydrogens is 574 g/mol. The third kappa shape index (κ3) is 4.75. The van der Waals surface area contributed by atoms with Crippen molar-refractivity contribution >= 4 is 32.7 Å². The number of rotatable bonds is 5. The highest BCUT2D eigenvalue weighted by Gasteiger charge is 2.19. The van der Waals surface area contributed by atoms with E-state index in [2.05, 4.69) is 97.1 Å². The predicted octanol–water partition coefficient (Wildman–Crippen LogP) is 11.3. The maximum Gasteiger partial charge on any atom is 0.164 e. The van der Waals surface area contributed by atoms with Crippen LogP contribution in [0.3, 0.4) is 0 Å². The van der Waals surface area contributed by atoms with E-state index in [9.17, 15) is 0 Å². The Morgan fingerprint density at radius 2 is 0.809 bits per heavy atom. The topological polar surface area (TPSA) is 51.8 Å². The molecule has 0 spiro atoms. The van der Waals surface area contributed by atoms with Crippen LogP contribution in [-0.2, 0) is 0 Å². The van der Waals surface area contributed by atoms with Gasteiger partial charge < -0.3 is 4.42 Å². The van der Waals surface area contributed by atoms with E-state index in [1.165, 1.54) is 11.1 Å². The number of para-hydroxylation sites is 1. The van der Waals surface area contributed by atoms with Crippen molar-refractivity contribution in [2.75, 3.05) is 0 Å². The third-order valence-electron chi connectivity index (χ3n) is 8.78. The molecule has 4 nitrogen and oxygen atoms in total. The lowest BCUT2D eigenvalue weighted by atomic mass is 9.93. The van der Waals surface area contributed by atoms with E-state index in [0.29, 0.717) is 17.5 Å². The van der Waals surface area contributed by atoms with Crippen molar-refractivity contribution in [2.24, 2.45) is 0 Å². The van der Waals surface area contributed by atoms with E-state index in [1.54, 1.807) is 0 Å². The third-order valence-corrected chi connectivity index (χ3v) is 8.78. The smallest absolute Gasteiger partial charge is 0.164 e. The molecular formula is C43H27N3O. The van der Waals surface area contributed by atoms with Crippen LogP contribution in [0.15, 0.2) is 168 Å². The second-order valence-corrected chi connectivity index (χ2v) is 11.6. The van der Waals surface area contributed by atoms with Gasteiger partial charge in [0, 0.05) is 27.5 Å². The van der Waals surface area contributed by atoms with Crippen molar-refractivity contribution < 1.29 is 4.42 Å². The van der Waals surface area contributed by atoms with Gasteiger partial charge in [0.25, 0.3) is 0 Å². The first-order valence-corrected chi connectivity index (χ1v) is 15.7. The van der Waals surface area contributed by atoms with Crippen LogP contribution in [0.2, 0.25) is 0 Å². The van der Waals surface area contributed by atoms with E-state index in [-0.39, 0.29) is 0 Å². The molecule has 0 saturated carbocycles. The van der Waals surface area contributed by atoms with Crippen LogP contribution < -0.4 is 0 Å². The zero-order chi connectivity index (χ0) is 31.2. The van der Waals surface area contributed by atoms with Gasteiger partial charge in [-0.25, -0.2) is 15.0 Å². The molecule has 0 bridgehead atoms. The molecule has 4 heteroatoms. The first-order chi connectivity index (χ1) is 23.3. The maximum absolute atomic E-state index is 6.22. The molecule has 7 aromatic carbocycles. The van der Waals surface area contributed by atoms with Crippen LogP contribution in [0, 0.1) is 0 Å². The molecule has 0 unspecified atom stereocenters. The summed E-state index contributed by atoms with van der Waals surface area (Å²) >= 11 is 0. The van der Waals surface area contributed by atoms with E-state index >= 15 is 0 Å². The lowest BCUT2D eigenvalue weighted by Gasteiger charge is -2.13. The second kappa shape index (κ2) is 11.2. The Bertz CT molecular complexity index is 2550. The molecule has 2 heterocycles. The summed E-state index contributed by atoms with van der Waals surface area (Å²) in [5, 5.41) is 4.26. The Labute approximate surface area is 271 Å². The van der Waals surface area contributed by atoms with Crippen LogP contribution in [0.25, 0.3) is 89.1 Å². The minimum absolute atomic E-state index is 0.607. The van der Waals surface area contributed by atoms with Gasteiger partial charge in [-0.05, 0) is 51.2 Å². The summed E-state index contributed by atoms with van der Waals surface area (Å²) in [5.41, 5.74) is 9.17. The summed E-state index contributed by atoms with van der Waals surface area (Å²) in [6.07, 6.45) is 0. The molecule has 0 fully saturated rings. The van der Waals surface area contributed by atoms with Crippen molar-refractivity contribution in [1.29, 1.82) is 0 Å². The Morgan fingerprint density at radius 3 is 1.55 bits per heavy atom. The van der Waals surface area contributed by atoms with Gasteiger partial charge in [0.15, 0.2) is 17.5 Å². The molecule has 0 saturated heterocycles. The number of aromatic nitrogens is 3. The molecule has 47 heavy (non-hydrogen) atoms. The number of furan rings is 1. The SMILES string of the molecule is c1ccc(-c2ccc(-c3ccc(-c4nc(-c5ccccc5)nc(-c5cccc6oc7ccccc7c56)n4)c4ccccc34)cc2)cc1. The first kappa shape index (κ1) is 27.0. The largest absolute Gasteiger partial charge is 0.456 e. The molecule has 2 aromatic heterocycles. The average Bonchev–Trinajstić information content (AvgIpc) is 3.54. The number of fused-ring (bicyclic) bond motifs is 4. The Kier molecular flexibility index (Phi) is 6.43. The van der Waals surface area contributed by atoms with Gasteiger partial charge in [-0.3, -0.25) is 0 Å². The highest BCUT2D eigenvalue weighted by molar-refractivity contribution is 6.12.